The third-order valence-corrected chi connectivity index (χ3v) is 5.60. The summed E-state index contributed by atoms with van der Waals surface area (Å²) in [5, 5.41) is 3.54. The first-order chi connectivity index (χ1) is 14.3. The Kier molecular flexibility index (Phi) is 5.02. The third kappa shape index (κ3) is 3.54. The van der Waals surface area contributed by atoms with Crippen LogP contribution in [0.3, 0.4) is 0 Å². The van der Waals surface area contributed by atoms with E-state index in [-0.39, 0.29) is 29.9 Å². The number of para-hydroxylation sites is 2. The van der Waals surface area contributed by atoms with Gasteiger partial charge in [0, 0.05) is 24.2 Å². The number of ether oxygens (including phenoxy) is 1. The molecule has 2 aliphatic heterocycles. The van der Waals surface area contributed by atoms with Crippen LogP contribution in [0.1, 0.15) is 31.1 Å². The van der Waals surface area contributed by atoms with E-state index in [1.807, 2.05) is 31.2 Å². The smallest absolute Gasteiger partial charge is 0.265 e. The number of hydrogen-bond donors (Lipinski definition) is 1. The van der Waals surface area contributed by atoms with Crippen LogP contribution in [0.5, 0.6) is 5.75 Å². The Bertz CT molecular complexity index is 1010. The topological polar surface area (TPSA) is 61.9 Å². The minimum atomic E-state index is -0.362. The van der Waals surface area contributed by atoms with Crippen molar-refractivity contribution in [2.24, 2.45) is 0 Å². The number of rotatable bonds is 5. The molecule has 2 aromatic rings. The lowest BCUT2D eigenvalue weighted by molar-refractivity contribution is -0.121. The highest BCUT2D eigenvalue weighted by Crippen LogP contribution is 2.37. The minimum absolute atomic E-state index is 0.00174. The van der Waals surface area contributed by atoms with Crippen molar-refractivity contribution in [3.8, 4) is 5.75 Å². The molecule has 0 saturated carbocycles. The van der Waals surface area contributed by atoms with Gasteiger partial charge in [0.2, 0.25) is 0 Å². The summed E-state index contributed by atoms with van der Waals surface area (Å²) in [5.41, 5.74) is 3.05. The van der Waals surface area contributed by atoms with Gasteiger partial charge in [0.25, 0.3) is 5.91 Å². The highest BCUT2D eigenvalue weighted by atomic mass is 16.5. The van der Waals surface area contributed by atoms with E-state index in [4.69, 9.17) is 4.74 Å². The van der Waals surface area contributed by atoms with Crippen molar-refractivity contribution >= 4 is 28.8 Å². The number of ketones is 1. The summed E-state index contributed by atoms with van der Waals surface area (Å²) in [6.07, 6.45) is 1.67. The van der Waals surface area contributed by atoms with Crippen molar-refractivity contribution < 1.29 is 14.3 Å². The maximum Gasteiger partial charge on any atom is 0.265 e. The zero-order chi connectivity index (χ0) is 21.5. The molecule has 1 amide bonds. The fraction of sp³-hybridized carbons (Fsp3) is 0.333. The lowest BCUT2D eigenvalue weighted by Gasteiger charge is -2.44. The van der Waals surface area contributed by atoms with Crippen molar-refractivity contribution in [2.75, 3.05) is 34.8 Å². The Balaban J connectivity index is 1.67. The van der Waals surface area contributed by atoms with Gasteiger partial charge in [0.15, 0.2) is 12.4 Å². The van der Waals surface area contributed by atoms with Crippen molar-refractivity contribution in [1.82, 2.24) is 0 Å². The summed E-state index contributed by atoms with van der Waals surface area (Å²) in [7, 11) is 0. The van der Waals surface area contributed by atoms with Crippen LogP contribution >= 0.6 is 0 Å². The Morgan fingerprint density at radius 3 is 2.80 bits per heavy atom. The molecule has 0 saturated heterocycles. The van der Waals surface area contributed by atoms with E-state index in [9.17, 15) is 9.59 Å². The van der Waals surface area contributed by atoms with E-state index in [1.165, 1.54) is 0 Å². The third-order valence-electron chi connectivity index (χ3n) is 5.60. The molecule has 2 aromatic carbocycles. The Hall–Kier alpha value is -3.28. The van der Waals surface area contributed by atoms with Crippen molar-refractivity contribution in [3.63, 3.8) is 0 Å². The van der Waals surface area contributed by atoms with Crippen molar-refractivity contribution in [1.29, 1.82) is 0 Å². The van der Waals surface area contributed by atoms with Gasteiger partial charge in [-0.15, -0.1) is 6.58 Å². The first-order valence-corrected chi connectivity index (χ1v) is 10.2. The number of anilines is 3. The summed E-state index contributed by atoms with van der Waals surface area (Å²) in [6.45, 7) is 11.0. The highest BCUT2D eigenvalue weighted by molar-refractivity contribution is 6.05. The average molecular weight is 405 g/mol. The fourth-order valence-corrected chi connectivity index (χ4v) is 4.16. The first kappa shape index (κ1) is 20.0. The number of hydrogen-bond acceptors (Lipinski definition) is 5. The fourth-order valence-electron chi connectivity index (χ4n) is 4.16. The van der Waals surface area contributed by atoms with Gasteiger partial charge < -0.3 is 19.9 Å². The normalized spacial score (nSPS) is 17.9. The summed E-state index contributed by atoms with van der Waals surface area (Å²) >= 11 is 0. The second-order valence-electron chi connectivity index (χ2n) is 8.46. The molecule has 4 rings (SSSR count). The van der Waals surface area contributed by atoms with Crippen LogP contribution in [-0.2, 0) is 4.79 Å². The van der Waals surface area contributed by atoms with Crippen LogP contribution in [0.25, 0.3) is 0 Å². The van der Waals surface area contributed by atoms with Crippen molar-refractivity contribution in [3.05, 3.63) is 60.7 Å². The summed E-state index contributed by atoms with van der Waals surface area (Å²) in [4.78, 5) is 29.5. The molecule has 0 bridgehead atoms. The SMILES string of the molecule is C=CCN1C(=O)COc2ccc(C(=O)C(C)N3CC(C)(C)Nc4ccccc43)cc21. The maximum absolute atomic E-state index is 13.5. The van der Waals surface area contributed by atoms with Crippen LogP contribution in [-0.4, -0.2) is 43.0 Å². The Morgan fingerprint density at radius 2 is 2.03 bits per heavy atom. The van der Waals surface area contributed by atoms with Crippen LogP contribution in [0.15, 0.2) is 55.1 Å². The lowest BCUT2D eigenvalue weighted by Crippen LogP contribution is -2.53. The highest BCUT2D eigenvalue weighted by Gasteiger charge is 2.35. The molecule has 2 heterocycles. The number of fused-ring (bicyclic) bond motifs is 2. The zero-order valence-corrected chi connectivity index (χ0v) is 17.6. The predicted octanol–water partition coefficient (Wildman–Crippen LogP) is 3.88. The number of amides is 1. The van der Waals surface area contributed by atoms with Gasteiger partial charge >= 0.3 is 0 Å². The molecule has 1 N–H and O–H groups in total. The monoisotopic (exact) mass is 405 g/mol. The molecule has 0 aliphatic carbocycles. The number of carbonyl (C=O) groups is 2. The van der Waals surface area contributed by atoms with Gasteiger partial charge in [0.1, 0.15) is 5.75 Å². The molecular formula is C24H27N3O3. The van der Waals surface area contributed by atoms with Gasteiger partial charge in [-0.3, -0.25) is 9.59 Å². The van der Waals surface area contributed by atoms with Gasteiger partial charge in [-0.2, -0.15) is 0 Å². The molecular weight excluding hydrogens is 378 g/mol. The van der Waals surface area contributed by atoms with Crippen LogP contribution < -0.4 is 19.9 Å². The molecule has 156 valence electrons. The Labute approximate surface area is 177 Å². The maximum atomic E-state index is 13.5. The second kappa shape index (κ2) is 7.52. The van der Waals surface area contributed by atoms with E-state index in [1.54, 1.807) is 29.2 Å². The number of nitrogens with zero attached hydrogens (tertiary/aromatic N) is 2. The Morgan fingerprint density at radius 1 is 1.27 bits per heavy atom. The molecule has 2 aliphatic rings. The zero-order valence-electron chi connectivity index (χ0n) is 17.6. The van der Waals surface area contributed by atoms with E-state index in [0.717, 1.165) is 11.4 Å². The summed E-state index contributed by atoms with van der Waals surface area (Å²) in [5.74, 6) is 0.467. The second-order valence-corrected chi connectivity index (χ2v) is 8.46. The first-order valence-electron chi connectivity index (χ1n) is 10.2. The number of nitrogens with one attached hydrogen (secondary N) is 1. The standard InChI is InChI=1S/C24H27N3O3/c1-5-12-26-20-13-17(10-11-21(20)30-14-22(26)28)23(29)16(2)27-15-24(3,4)25-18-8-6-7-9-19(18)27/h5-11,13,16,25H,1,12,14-15H2,2-4H3. The van der Waals surface area contributed by atoms with E-state index in [0.29, 0.717) is 30.1 Å². The van der Waals surface area contributed by atoms with Gasteiger partial charge in [0.05, 0.1) is 23.1 Å². The largest absolute Gasteiger partial charge is 0.482 e. The van der Waals surface area contributed by atoms with Crippen LogP contribution in [0.2, 0.25) is 0 Å². The predicted molar refractivity (Wildman–Crippen MR) is 120 cm³/mol. The van der Waals surface area contributed by atoms with E-state index in [2.05, 4.69) is 30.6 Å². The van der Waals surface area contributed by atoms with Crippen molar-refractivity contribution in [2.45, 2.75) is 32.4 Å². The van der Waals surface area contributed by atoms with E-state index >= 15 is 0 Å². The number of carbonyl (C=O) groups excluding carboxylic acids is 2. The molecule has 0 fully saturated rings. The molecule has 0 aromatic heterocycles. The molecule has 6 nitrogen and oxygen atoms in total. The molecule has 0 spiro atoms. The number of benzene rings is 2. The van der Waals surface area contributed by atoms with Crippen LogP contribution in [0, 0.1) is 0 Å². The molecule has 1 atom stereocenters. The average Bonchev–Trinajstić information content (AvgIpc) is 2.73. The minimum Gasteiger partial charge on any atom is -0.482 e. The summed E-state index contributed by atoms with van der Waals surface area (Å²) < 4.78 is 5.54. The van der Waals surface area contributed by atoms with E-state index < -0.39 is 0 Å². The lowest BCUT2D eigenvalue weighted by atomic mass is 9.95. The summed E-state index contributed by atoms with van der Waals surface area (Å²) in [6, 6.07) is 13.0. The van der Waals surface area contributed by atoms with Crippen LogP contribution in [0.4, 0.5) is 17.1 Å². The van der Waals surface area contributed by atoms with Gasteiger partial charge in [-0.1, -0.05) is 18.2 Å². The molecule has 1 unspecified atom stereocenters. The molecule has 0 radical (unpaired) electrons. The van der Waals surface area contributed by atoms with Gasteiger partial charge in [-0.05, 0) is 51.1 Å². The number of Topliss-reactive ketones (excluding diaryl/α,β-unsaturated/α-hetero) is 1. The molecule has 30 heavy (non-hydrogen) atoms. The molecule has 6 heteroatoms. The van der Waals surface area contributed by atoms with Gasteiger partial charge in [-0.25, -0.2) is 0 Å². The quantitative estimate of drug-likeness (QED) is 0.604.